The monoisotopic (exact) mass is 396 g/mol. The molecule has 0 spiro atoms. The lowest BCUT2D eigenvalue weighted by atomic mass is 10.1. The number of anilines is 2. The van der Waals surface area contributed by atoms with Gasteiger partial charge in [-0.2, -0.15) is 0 Å². The maximum Gasteiger partial charge on any atom is 0.270 e. The molecule has 1 fully saturated rings. The summed E-state index contributed by atoms with van der Waals surface area (Å²) in [6.07, 6.45) is 2.87. The molecular formula is C21H24N4O4. The van der Waals surface area contributed by atoms with Gasteiger partial charge in [-0.25, -0.2) is 0 Å². The minimum Gasteiger partial charge on any atom is -0.371 e. The third kappa shape index (κ3) is 4.90. The van der Waals surface area contributed by atoms with Crippen molar-refractivity contribution in [2.24, 2.45) is 0 Å². The summed E-state index contributed by atoms with van der Waals surface area (Å²) in [5.41, 5.74) is 1.70. The third-order valence-corrected chi connectivity index (χ3v) is 4.80. The van der Waals surface area contributed by atoms with Crippen molar-refractivity contribution in [3.63, 3.8) is 0 Å². The Balaban J connectivity index is 1.85. The lowest BCUT2D eigenvalue weighted by molar-refractivity contribution is -0.384. The smallest absolute Gasteiger partial charge is 0.270 e. The number of amides is 2. The van der Waals surface area contributed by atoms with Crippen molar-refractivity contribution in [1.29, 1.82) is 0 Å². The van der Waals surface area contributed by atoms with E-state index in [9.17, 15) is 19.7 Å². The van der Waals surface area contributed by atoms with Crippen LogP contribution in [0.3, 0.4) is 0 Å². The number of benzene rings is 2. The van der Waals surface area contributed by atoms with Crippen LogP contribution in [0.25, 0.3) is 0 Å². The molecule has 0 aromatic heterocycles. The van der Waals surface area contributed by atoms with Crippen molar-refractivity contribution >= 4 is 28.9 Å². The fourth-order valence-electron chi connectivity index (χ4n) is 3.33. The average Bonchev–Trinajstić information content (AvgIpc) is 3.26. The quantitative estimate of drug-likeness (QED) is 0.550. The predicted molar refractivity (Wildman–Crippen MR) is 112 cm³/mol. The van der Waals surface area contributed by atoms with E-state index in [1.54, 1.807) is 30.3 Å². The molecule has 0 unspecified atom stereocenters. The Bertz CT molecular complexity index is 923. The molecule has 8 nitrogen and oxygen atoms in total. The van der Waals surface area contributed by atoms with Crippen LogP contribution in [-0.4, -0.2) is 36.4 Å². The van der Waals surface area contributed by atoms with Crippen LogP contribution in [0.5, 0.6) is 0 Å². The molecule has 1 saturated heterocycles. The van der Waals surface area contributed by atoms with E-state index in [0.717, 1.165) is 32.4 Å². The molecule has 1 aliphatic rings. The number of nitrogens with one attached hydrogen (secondary N) is 2. The molecule has 0 atom stereocenters. The molecule has 29 heavy (non-hydrogen) atoms. The highest BCUT2D eigenvalue weighted by molar-refractivity contribution is 6.09. The molecule has 1 aliphatic heterocycles. The Hall–Kier alpha value is -3.42. The molecule has 1 heterocycles. The maximum atomic E-state index is 13.0. The Kier molecular flexibility index (Phi) is 6.43. The van der Waals surface area contributed by atoms with Gasteiger partial charge in [-0.3, -0.25) is 19.7 Å². The first-order valence-corrected chi connectivity index (χ1v) is 9.72. The Labute approximate surface area is 169 Å². The Morgan fingerprint density at radius 2 is 1.86 bits per heavy atom. The SMILES string of the molecule is CCCNC(=O)c1cccc(NC(=O)c2cc([N+](=O)[O-])ccc2N2CCCC2)c1. The Morgan fingerprint density at radius 3 is 2.55 bits per heavy atom. The van der Waals surface area contributed by atoms with Crippen LogP contribution in [0.4, 0.5) is 17.1 Å². The van der Waals surface area contributed by atoms with Gasteiger partial charge >= 0.3 is 0 Å². The zero-order valence-electron chi connectivity index (χ0n) is 16.3. The predicted octanol–water partition coefficient (Wildman–Crippen LogP) is 3.59. The minimum atomic E-state index is -0.511. The van der Waals surface area contributed by atoms with Gasteiger partial charge in [0, 0.05) is 43.0 Å². The second-order valence-electron chi connectivity index (χ2n) is 6.94. The van der Waals surface area contributed by atoms with Crippen molar-refractivity contribution in [3.8, 4) is 0 Å². The summed E-state index contributed by atoms with van der Waals surface area (Å²) in [5.74, 6) is -0.655. The second kappa shape index (κ2) is 9.18. The molecule has 2 amide bonds. The number of nitro benzene ring substituents is 1. The number of carbonyl (C=O) groups is 2. The number of carbonyl (C=O) groups excluding carboxylic acids is 2. The average molecular weight is 396 g/mol. The summed E-state index contributed by atoms with van der Waals surface area (Å²) < 4.78 is 0. The van der Waals surface area contributed by atoms with Crippen molar-refractivity contribution in [3.05, 3.63) is 63.7 Å². The van der Waals surface area contributed by atoms with Crippen LogP contribution in [0.15, 0.2) is 42.5 Å². The van der Waals surface area contributed by atoms with E-state index < -0.39 is 10.8 Å². The van der Waals surface area contributed by atoms with Crippen molar-refractivity contribution in [1.82, 2.24) is 5.32 Å². The van der Waals surface area contributed by atoms with E-state index in [0.29, 0.717) is 23.5 Å². The van der Waals surface area contributed by atoms with Crippen molar-refractivity contribution in [2.45, 2.75) is 26.2 Å². The molecule has 2 aromatic carbocycles. The number of nitrogens with zero attached hydrogens (tertiary/aromatic N) is 2. The van der Waals surface area contributed by atoms with Gasteiger partial charge in [0.25, 0.3) is 17.5 Å². The summed E-state index contributed by atoms with van der Waals surface area (Å²) in [5, 5.41) is 16.8. The van der Waals surface area contributed by atoms with Gasteiger partial charge in [-0.05, 0) is 43.5 Å². The summed E-state index contributed by atoms with van der Waals surface area (Å²) >= 11 is 0. The van der Waals surface area contributed by atoms with Gasteiger partial charge in [-0.1, -0.05) is 13.0 Å². The van der Waals surface area contributed by atoms with Gasteiger partial charge in [0.1, 0.15) is 0 Å². The largest absolute Gasteiger partial charge is 0.371 e. The second-order valence-corrected chi connectivity index (χ2v) is 6.94. The molecule has 0 aliphatic carbocycles. The molecular weight excluding hydrogens is 372 g/mol. The van der Waals surface area contributed by atoms with Gasteiger partial charge in [0.15, 0.2) is 0 Å². The topological polar surface area (TPSA) is 105 Å². The Morgan fingerprint density at radius 1 is 1.10 bits per heavy atom. The van der Waals surface area contributed by atoms with Gasteiger partial charge in [0.2, 0.25) is 0 Å². The number of non-ortho nitro benzene ring substituents is 1. The van der Waals surface area contributed by atoms with Crippen molar-refractivity contribution in [2.75, 3.05) is 29.9 Å². The standard InChI is InChI=1S/C21H24N4O4/c1-2-10-22-20(26)15-6-5-7-16(13-15)23-21(27)18-14-17(25(28)29)8-9-19(18)24-11-3-4-12-24/h5-9,13-14H,2-4,10-12H2,1H3,(H,22,26)(H,23,27). The zero-order valence-corrected chi connectivity index (χ0v) is 16.3. The molecule has 2 N–H and O–H groups in total. The van der Waals surface area contributed by atoms with Crippen LogP contribution < -0.4 is 15.5 Å². The van der Waals surface area contributed by atoms with Crippen LogP contribution in [0.1, 0.15) is 46.9 Å². The molecule has 0 radical (unpaired) electrons. The van der Waals surface area contributed by atoms with Crippen LogP contribution in [0, 0.1) is 10.1 Å². The van der Waals surface area contributed by atoms with Crippen molar-refractivity contribution < 1.29 is 14.5 Å². The lowest BCUT2D eigenvalue weighted by Crippen LogP contribution is -2.24. The van der Waals surface area contributed by atoms with E-state index in [4.69, 9.17) is 0 Å². The van der Waals surface area contributed by atoms with E-state index in [2.05, 4.69) is 15.5 Å². The fourth-order valence-corrected chi connectivity index (χ4v) is 3.33. The van der Waals surface area contributed by atoms with Crippen LogP contribution >= 0.6 is 0 Å². The number of hydrogen-bond acceptors (Lipinski definition) is 5. The highest BCUT2D eigenvalue weighted by Gasteiger charge is 2.22. The molecule has 152 valence electrons. The van der Waals surface area contributed by atoms with E-state index in [1.165, 1.54) is 12.1 Å². The molecule has 8 heteroatoms. The number of rotatable bonds is 7. The van der Waals surface area contributed by atoms with Crippen LogP contribution in [0.2, 0.25) is 0 Å². The molecule has 0 saturated carbocycles. The molecule has 3 rings (SSSR count). The normalized spacial score (nSPS) is 13.2. The number of hydrogen-bond donors (Lipinski definition) is 2. The van der Waals surface area contributed by atoms with E-state index >= 15 is 0 Å². The van der Waals surface area contributed by atoms with E-state index in [-0.39, 0.29) is 17.2 Å². The summed E-state index contributed by atoms with van der Waals surface area (Å²) in [6, 6.07) is 11.0. The minimum absolute atomic E-state index is 0.134. The van der Waals surface area contributed by atoms with E-state index in [1.807, 2.05) is 6.92 Å². The first kappa shape index (κ1) is 20.3. The highest BCUT2D eigenvalue weighted by atomic mass is 16.6. The molecule has 2 aromatic rings. The molecule has 0 bridgehead atoms. The summed E-state index contributed by atoms with van der Waals surface area (Å²) in [7, 11) is 0. The zero-order chi connectivity index (χ0) is 20.8. The summed E-state index contributed by atoms with van der Waals surface area (Å²) in [6.45, 7) is 4.16. The van der Waals surface area contributed by atoms with Gasteiger partial charge < -0.3 is 15.5 Å². The highest BCUT2D eigenvalue weighted by Crippen LogP contribution is 2.29. The first-order chi connectivity index (χ1) is 14.0. The maximum absolute atomic E-state index is 13.0. The lowest BCUT2D eigenvalue weighted by Gasteiger charge is -2.21. The summed E-state index contributed by atoms with van der Waals surface area (Å²) in [4.78, 5) is 37.9. The van der Waals surface area contributed by atoms with Gasteiger partial charge in [-0.15, -0.1) is 0 Å². The first-order valence-electron chi connectivity index (χ1n) is 9.72. The third-order valence-electron chi connectivity index (χ3n) is 4.80. The fraction of sp³-hybridized carbons (Fsp3) is 0.333. The van der Waals surface area contributed by atoms with Gasteiger partial charge in [0.05, 0.1) is 16.2 Å². The number of nitro groups is 1. The van der Waals surface area contributed by atoms with Crippen LogP contribution in [-0.2, 0) is 0 Å².